The van der Waals surface area contributed by atoms with E-state index < -0.39 is 11.2 Å². The van der Waals surface area contributed by atoms with Crippen molar-refractivity contribution in [3.05, 3.63) is 114 Å². The van der Waals surface area contributed by atoms with Crippen molar-refractivity contribution < 1.29 is 23.5 Å². The van der Waals surface area contributed by atoms with Crippen molar-refractivity contribution in [2.24, 2.45) is 0 Å². The second-order valence-electron chi connectivity index (χ2n) is 11.0. The van der Waals surface area contributed by atoms with Gasteiger partial charge in [0, 0.05) is 20.8 Å². The first-order valence-electron chi connectivity index (χ1n) is 13.3. The number of hydrogen-bond acceptors (Lipinski definition) is 6. The first-order valence-corrected chi connectivity index (χ1v) is 14.5. The average Bonchev–Trinajstić information content (AvgIpc) is 2.89. The SMILES string of the molecule is CC1(C)CC(=O)c2ccc(F)cc2O1.CC1(C)CC(=O)c2ccc(Sc3ccccc3)cc2O1.Sc1ccccc1. The quantitative estimate of drug-likeness (QED) is 0.237. The molecule has 2 heterocycles. The first-order chi connectivity index (χ1) is 19.4. The molecule has 0 spiro atoms. The fourth-order valence-electron chi connectivity index (χ4n) is 4.38. The highest BCUT2D eigenvalue weighted by atomic mass is 32.2. The minimum atomic E-state index is -0.530. The second kappa shape index (κ2) is 13.0. The molecular formula is C34H33FO4S2. The maximum absolute atomic E-state index is 12.9. The van der Waals surface area contributed by atoms with Gasteiger partial charge in [0.2, 0.25) is 0 Å². The number of halogens is 1. The van der Waals surface area contributed by atoms with Crippen LogP contribution >= 0.6 is 24.4 Å². The molecule has 0 saturated carbocycles. The molecule has 41 heavy (non-hydrogen) atoms. The molecule has 0 aliphatic carbocycles. The molecule has 0 bridgehead atoms. The van der Waals surface area contributed by atoms with Gasteiger partial charge in [0.05, 0.1) is 24.0 Å². The Bertz CT molecular complexity index is 1520. The highest BCUT2D eigenvalue weighted by Gasteiger charge is 2.33. The van der Waals surface area contributed by atoms with Gasteiger partial charge in [-0.05, 0) is 82.3 Å². The van der Waals surface area contributed by atoms with Gasteiger partial charge in [-0.15, -0.1) is 12.6 Å². The molecule has 0 fully saturated rings. The van der Waals surface area contributed by atoms with E-state index in [2.05, 4.69) is 24.8 Å². The largest absolute Gasteiger partial charge is 0.487 e. The zero-order valence-corrected chi connectivity index (χ0v) is 25.2. The molecule has 0 aromatic heterocycles. The van der Waals surface area contributed by atoms with Crippen LogP contribution in [0.3, 0.4) is 0 Å². The number of Topliss-reactive ketones (excluding diaryl/α,β-unsaturated/α-hetero) is 2. The summed E-state index contributed by atoms with van der Waals surface area (Å²) < 4.78 is 24.3. The molecule has 0 unspecified atom stereocenters. The summed E-state index contributed by atoms with van der Waals surface area (Å²) in [5, 5.41) is 0. The van der Waals surface area contributed by atoms with E-state index in [1.165, 1.54) is 23.1 Å². The van der Waals surface area contributed by atoms with Crippen LogP contribution in [-0.4, -0.2) is 22.8 Å². The molecule has 0 N–H and O–H groups in total. The lowest BCUT2D eigenvalue weighted by Crippen LogP contribution is -2.35. The number of carbonyl (C=O) groups excluding carboxylic acids is 2. The number of ether oxygens (including phenoxy) is 2. The van der Waals surface area contributed by atoms with Crippen molar-refractivity contribution in [2.75, 3.05) is 0 Å². The number of rotatable bonds is 2. The van der Waals surface area contributed by atoms with Crippen LogP contribution in [0.4, 0.5) is 4.39 Å². The molecule has 0 atom stereocenters. The first kappa shape index (κ1) is 30.4. The molecule has 2 aliphatic rings. The molecule has 0 amide bonds. The van der Waals surface area contributed by atoms with Crippen molar-refractivity contribution in [2.45, 2.75) is 66.4 Å². The molecule has 0 saturated heterocycles. The Kier molecular flexibility index (Phi) is 9.61. The second-order valence-corrected chi connectivity index (χ2v) is 12.6. The third kappa shape index (κ3) is 8.72. The summed E-state index contributed by atoms with van der Waals surface area (Å²) in [4.78, 5) is 27.0. The van der Waals surface area contributed by atoms with Crippen LogP contribution in [0.15, 0.2) is 112 Å². The molecular weight excluding hydrogens is 556 g/mol. The van der Waals surface area contributed by atoms with Crippen molar-refractivity contribution in [3.63, 3.8) is 0 Å². The lowest BCUT2D eigenvalue weighted by molar-refractivity contribution is 0.0606. The highest BCUT2D eigenvalue weighted by molar-refractivity contribution is 7.99. The maximum atomic E-state index is 12.9. The monoisotopic (exact) mass is 588 g/mol. The van der Waals surface area contributed by atoms with E-state index in [4.69, 9.17) is 9.47 Å². The molecule has 0 radical (unpaired) electrons. The Morgan fingerprint density at radius 2 is 1.15 bits per heavy atom. The molecule has 4 nitrogen and oxygen atoms in total. The van der Waals surface area contributed by atoms with Gasteiger partial charge in [0.25, 0.3) is 0 Å². The smallest absolute Gasteiger partial charge is 0.170 e. The molecule has 4 aromatic carbocycles. The maximum Gasteiger partial charge on any atom is 0.170 e. The number of hydrogen-bond donors (Lipinski definition) is 1. The Morgan fingerprint density at radius 3 is 1.66 bits per heavy atom. The summed E-state index contributed by atoms with van der Waals surface area (Å²) in [6, 6.07) is 29.8. The van der Waals surface area contributed by atoms with Gasteiger partial charge in [-0.2, -0.15) is 0 Å². The zero-order chi connectivity index (χ0) is 29.6. The van der Waals surface area contributed by atoms with Gasteiger partial charge in [0.1, 0.15) is 28.5 Å². The van der Waals surface area contributed by atoms with E-state index >= 15 is 0 Å². The van der Waals surface area contributed by atoms with E-state index in [1.54, 1.807) is 11.8 Å². The van der Waals surface area contributed by atoms with Gasteiger partial charge in [-0.3, -0.25) is 9.59 Å². The molecule has 212 valence electrons. The van der Waals surface area contributed by atoms with Crippen molar-refractivity contribution in [1.82, 2.24) is 0 Å². The minimum Gasteiger partial charge on any atom is -0.487 e. The highest BCUT2D eigenvalue weighted by Crippen LogP contribution is 2.37. The van der Waals surface area contributed by atoms with Crippen molar-refractivity contribution in [3.8, 4) is 11.5 Å². The predicted molar refractivity (Wildman–Crippen MR) is 164 cm³/mol. The molecule has 2 aliphatic heterocycles. The lowest BCUT2D eigenvalue weighted by Gasteiger charge is -2.31. The van der Waals surface area contributed by atoms with E-state index in [-0.39, 0.29) is 17.4 Å². The number of benzene rings is 4. The van der Waals surface area contributed by atoms with Crippen molar-refractivity contribution in [1.29, 1.82) is 0 Å². The zero-order valence-electron chi connectivity index (χ0n) is 23.5. The minimum absolute atomic E-state index is 0.0104. The van der Waals surface area contributed by atoms with Crippen LogP contribution in [-0.2, 0) is 0 Å². The number of carbonyl (C=O) groups is 2. The standard InChI is InChI=1S/C17H16O2S.C11H11FO2.C6H6S/c1-17(2)11-15(18)14-9-8-13(10-16(14)19-17)20-12-6-4-3-5-7-12;1-11(2)6-9(13)8-4-3-7(12)5-10(8)14-11;7-6-4-2-1-3-5-6/h3-10H,11H2,1-2H3;3-5H,6H2,1-2H3;1-5,7H. The summed E-state index contributed by atoms with van der Waals surface area (Å²) in [7, 11) is 0. The summed E-state index contributed by atoms with van der Waals surface area (Å²) in [6.07, 6.45) is 0.775. The Balaban J connectivity index is 0.000000159. The number of thiol groups is 1. The van der Waals surface area contributed by atoms with Gasteiger partial charge < -0.3 is 9.47 Å². The fourth-order valence-corrected chi connectivity index (χ4v) is 5.42. The Labute approximate surface area is 250 Å². The lowest BCUT2D eigenvalue weighted by atomic mass is 9.93. The molecule has 7 heteroatoms. The van der Waals surface area contributed by atoms with Crippen LogP contribution in [0.1, 0.15) is 61.3 Å². The summed E-state index contributed by atoms with van der Waals surface area (Å²) in [5.41, 5.74) is 0.227. The Morgan fingerprint density at radius 1 is 0.659 bits per heavy atom. The van der Waals surface area contributed by atoms with Gasteiger partial charge in [0.15, 0.2) is 11.6 Å². The van der Waals surface area contributed by atoms with E-state index in [1.807, 2.05) is 94.4 Å². The van der Waals surface area contributed by atoms with E-state index in [0.717, 1.165) is 9.79 Å². The third-order valence-electron chi connectivity index (χ3n) is 6.18. The number of fused-ring (bicyclic) bond motifs is 2. The summed E-state index contributed by atoms with van der Waals surface area (Å²) in [6.45, 7) is 7.53. The van der Waals surface area contributed by atoms with Crippen LogP contribution in [0.2, 0.25) is 0 Å². The summed E-state index contributed by atoms with van der Waals surface area (Å²) in [5.74, 6) is 0.844. The topological polar surface area (TPSA) is 52.6 Å². The normalized spacial score (nSPS) is 15.9. The van der Waals surface area contributed by atoms with Crippen LogP contribution in [0.25, 0.3) is 0 Å². The van der Waals surface area contributed by atoms with Gasteiger partial charge >= 0.3 is 0 Å². The van der Waals surface area contributed by atoms with Crippen LogP contribution < -0.4 is 9.47 Å². The molecule has 4 aromatic rings. The van der Waals surface area contributed by atoms with Crippen LogP contribution in [0, 0.1) is 5.82 Å². The van der Waals surface area contributed by atoms with E-state index in [0.29, 0.717) is 35.5 Å². The Hall–Kier alpha value is -3.55. The van der Waals surface area contributed by atoms with Gasteiger partial charge in [-0.1, -0.05) is 48.2 Å². The summed E-state index contributed by atoms with van der Waals surface area (Å²) >= 11 is 5.75. The fraction of sp³-hybridized carbons (Fsp3) is 0.235. The predicted octanol–water partition coefficient (Wildman–Crippen LogP) is 9.13. The van der Waals surface area contributed by atoms with Crippen LogP contribution in [0.5, 0.6) is 11.5 Å². The number of ketones is 2. The average molecular weight is 589 g/mol. The van der Waals surface area contributed by atoms with Crippen molar-refractivity contribution >= 4 is 36.0 Å². The van der Waals surface area contributed by atoms with Gasteiger partial charge in [-0.25, -0.2) is 4.39 Å². The molecule has 6 rings (SSSR count). The van der Waals surface area contributed by atoms with E-state index in [9.17, 15) is 14.0 Å². The third-order valence-corrected chi connectivity index (χ3v) is 7.47.